The predicted octanol–water partition coefficient (Wildman–Crippen LogP) is -0.103. The molecule has 258 valence electrons. The maximum Gasteiger partial charge on any atom is 1.00 e. The molecule has 0 aromatic carbocycles. The molecular formula is C33H59Na2O9PS. The summed E-state index contributed by atoms with van der Waals surface area (Å²) in [4.78, 5) is 43.3. The fourth-order valence-electron chi connectivity index (χ4n) is 3.21. The predicted molar refractivity (Wildman–Crippen MR) is 187 cm³/mol. The van der Waals surface area contributed by atoms with Gasteiger partial charge in [-0.3, -0.25) is 9.59 Å². The van der Waals surface area contributed by atoms with Gasteiger partial charge in [-0.15, -0.1) is 6.42 Å². The number of hydrogen-bond donors (Lipinski definition) is 1. The van der Waals surface area contributed by atoms with Crippen LogP contribution in [0, 0.1) is 70.9 Å². The van der Waals surface area contributed by atoms with Gasteiger partial charge in [0.15, 0.2) is 5.12 Å². The maximum absolute atomic E-state index is 11.8. The van der Waals surface area contributed by atoms with E-state index in [2.05, 4.69) is 80.6 Å². The van der Waals surface area contributed by atoms with Crippen molar-refractivity contribution < 1.29 is 115 Å². The number of phosphoric acid groups is 1. The Morgan fingerprint density at radius 3 is 1.70 bits per heavy atom. The number of rotatable bonds is 20. The zero-order valence-corrected chi connectivity index (χ0v) is 33.2. The van der Waals surface area contributed by atoms with Gasteiger partial charge >= 0.3 is 65.1 Å². The summed E-state index contributed by atoms with van der Waals surface area (Å²) in [6.45, 7) is 2.17. The van der Waals surface area contributed by atoms with Crippen molar-refractivity contribution in [1.82, 2.24) is 0 Å². The van der Waals surface area contributed by atoms with Crippen molar-refractivity contribution in [3.05, 3.63) is 0 Å². The van der Waals surface area contributed by atoms with E-state index in [9.17, 15) is 23.9 Å². The van der Waals surface area contributed by atoms with E-state index in [1.807, 2.05) is 0 Å². The minimum atomic E-state index is -5.15. The van der Waals surface area contributed by atoms with Crippen molar-refractivity contribution in [2.75, 3.05) is 20.0 Å². The molecule has 0 saturated heterocycles. The molecule has 0 aliphatic carbocycles. The van der Waals surface area contributed by atoms with Gasteiger partial charge in [-0.1, -0.05) is 77.6 Å². The third kappa shape index (κ3) is 47.3. The summed E-state index contributed by atoms with van der Waals surface area (Å²) >= 11 is 0.893. The molecule has 0 radical (unpaired) electrons. The molecule has 0 unspecified atom stereocenters. The molecule has 0 aliphatic heterocycles. The monoisotopic (exact) mass is 708 g/mol. The van der Waals surface area contributed by atoms with E-state index in [1.165, 1.54) is 58.3 Å². The molecule has 0 aromatic heterocycles. The van der Waals surface area contributed by atoms with E-state index >= 15 is 0 Å². The van der Waals surface area contributed by atoms with Crippen LogP contribution in [-0.4, -0.2) is 42.3 Å². The molecule has 0 spiro atoms. The van der Waals surface area contributed by atoms with Gasteiger partial charge in [-0.25, -0.2) is 0 Å². The van der Waals surface area contributed by atoms with Crippen LogP contribution >= 0.6 is 19.6 Å². The number of phosphoric ester groups is 1. The number of aliphatic hydroxyl groups is 1. The third-order valence-electron chi connectivity index (χ3n) is 5.16. The Hall–Kier alpha value is -1.12. The molecule has 1 atom stereocenters. The fourth-order valence-corrected chi connectivity index (χ4v) is 3.80. The second-order valence-electron chi connectivity index (χ2n) is 8.96. The van der Waals surface area contributed by atoms with Crippen LogP contribution < -0.4 is 68.9 Å². The van der Waals surface area contributed by atoms with E-state index in [0.717, 1.165) is 31.0 Å². The molecule has 0 aromatic rings. The number of aliphatic hydroxyl groups excluding tert-OH is 1. The summed E-state index contributed by atoms with van der Waals surface area (Å²) in [6, 6.07) is 0. The second kappa shape index (κ2) is 40.1. The number of hydrogen-bond acceptors (Lipinski definition) is 10. The average Bonchev–Trinajstić information content (AvgIpc) is 2.97. The van der Waals surface area contributed by atoms with Gasteiger partial charge in [-0.05, 0) is 70.9 Å². The van der Waals surface area contributed by atoms with Crippen molar-refractivity contribution in [1.29, 1.82) is 0 Å². The molecule has 9 nitrogen and oxygen atoms in total. The Kier molecular flexibility index (Phi) is 45.0. The van der Waals surface area contributed by atoms with Gasteiger partial charge in [0.1, 0.15) is 12.9 Å². The number of unbranched alkanes of at least 4 members (excludes halogenated alkanes) is 11. The van der Waals surface area contributed by atoms with Crippen LogP contribution in [0.5, 0.6) is 0 Å². The minimum Gasteiger partial charge on any atom is -0.790 e. The van der Waals surface area contributed by atoms with E-state index < -0.39 is 33.3 Å². The van der Waals surface area contributed by atoms with Crippen LogP contribution in [0.1, 0.15) is 110 Å². The fraction of sp³-hybridized carbons (Fsp3) is 0.576. The Morgan fingerprint density at radius 1 is 0.804 bits per heavy atom. The van der Waals surface area contributed by atoms with Gasteiger partial charge in [-0.2, -0.15) is 0 Å². The van der Waals surface area contributed by atoms with Crippen LogP contribution in [0.15, 0.2) is 0 Å². The first kappa shape index (κ1) is 51.7. The van der Waals surface area contributed by atoms with Crippen molar-refractivity contribution in [2.24, 2.45) is 0 Å². The largest absolute Gasteiger partial charge is 1.00 e. The van der Waals surface area contributed by atoms with Crippen molar-refractivity contribution in [3.63, 3.8) is 0 Å². The van der Waals surface area contributed by atoms with Crippen LogP contribution in [0.2, 0.25) is 0 Å². The molecule has 0 heterocycles. The summed E-state index contributed by atoms with van der Waals surface area (Å²) in [5, 5.41) is 11.0. The number of carbonyl (C=O) groups is 2. The van der Waals surface area contributed by atoms with Gasteiger partial charge in [0, 0.05) is 37.9 Å². The molecule has 0 saturated carbocycles. The molecule has 46 heavy (non-hydrogen) atoms. The number of ether oxygens (including phenoxy) is 2. The van der Waals surface area contributed by atoms with Gasteiger partial charge < -0.3 is 33.5 Å². The maximum atomic E-state index is 11.8. The van der Waals surface area contributed by atoms with E-state index in [4.69, 9.17) is 16.3 Å². The van der Waals surface area contributed by atoms with Gasteiger partial charge in [0.2, 0.25) is 0 Å². The molecule has 0 aliphatic rings. The Labute approximate surface area is 337 Å². The minimum absolute atomic E-state index is 0. The van der Waals surface area contributed by atoms with Crippen LogP contribution in [0.4, 0.5) is 0 Å². The Balaban J connectivity index is -0.0000000529. The summed E-state index contributed by atoms with van der Waals surface area (Å²) in [5.74, 6) is 23.4. The topological polar surface area (TPSA) is 145 Å². The van der Waals surface area contributed by atoms with Crippen LogP contribution in [0.25, 0.3) is 0 Å². The zero-order valence-electron chi connectivity index (χ0n) is 27.5. The van der Waals surface area contributed by atoms with Gasteiger partial charge in [0.25, 0.3) is 0 Å². The van der Waals surface area contributed by atoms with Crippen molar-refractivity contribution >= 4 is 30.7 Å². The molecule has 0 bridgehead atoms. The average molecular weight is 709 g/mol. The molecule has 0 fully saturated rings. The molecule has 0 rings (SSSR count). The summed E-state index contributed by atoms with van der Waals surface area (Å²) in [7, 11) is -5.15. The van der Waals surface area contributed by atoms with E-state index in [-0.39, 0.29) is 90.1 Å². The van der Waals surface area contributed by atoms with E-state index in [1.54, 1.807) is 0 Å². The van der Waals surface area contributed by atoms with Crippen LogP contribution in [-0.2, 0) is 28.2 Å². The second-order valence-corrected chi connectivity index (χ2v) is 11.1. The molecular weight excluding hydrogens is 649 g/mol. The quantitative estimate of drug-likeness (QED) is 0.0455. The first-order valence-corrected chi connectivity index (χ1v) is 16.6. The van der Waals surface area contributed by atoms with Crippen molar-refractivity contribution in [3.8, 4) is 70.9 Å². The summed E-state index contributed by atoms with van der Waals surface area (Å²) < 4.78 is 24.4. The first-order chi connectivity index (χ1) is 21.2. The Bertz CT molecular complexity index is 1260. The number of carbonyl (C=O) groups excluding carboxylic acids is 2. The van der Waals surface area contributed by atoms with Crippen LogP contribution in [0.3, 0.4) is 0 Å². The van der Waals surface area contributed by atoms with Gasteiger partial charge in [0.05, 0.1) is 21.0 Å². The van der Waals surface area contributed by atoms with Crippen molar-refractivity contribution in [2.45, 2.75) is 103 Å². The Morgan fingerprint density at radius 2 is 1.26 bits per heavy atom. The number of terminal acetylenes is 1. The third-order valence-corrected chi connectivity index (χ3v) is 6.12. The van der Waals surface area contributed by atoms with E-state index in [0.29, 0.717) is 6.42 Å². The smallest absolute Gasteiger partial charge is 0.790 e. The summed E-state index contributed by atoms with van der Waals surface area (Å²) in [5.41, 5.74) is 0. The molecule has 1 N–H and O–H groups in total. The summed E-state index contributed by atoms with van der Waals surface area (Å²) in [6.07, 6.45) is 18.3. The zero-order chi connectivity index (χ0) is 33.2. The molecule has 13 heteroatoms. The first-order valence-electron chi connectivity index (χ1n) is 14.3. The normalized spacial score (nSPS) is 9.57. The standard InChI is InChI=1S/C19H39O8P.C14H4OS.2Na.9H2/c1-2-3-4-5-6-7-8-9-10-11-12-13-14-19(21)27-18(15-25-17-20)16-26-28(22,23)24;1-3-4-5-6-7-8-9-10-11-12-13-16-14(2)15;;;;;;;;;;;/h18,20H,2-17H2,1H3,(H2,22,23,24);1H,2H3;;;9*1H/q;;2*+1;;;;;;;;;/p-2/t18-;;;;;;;;;;;;/m0............/s1. The SMILES string of the molecule is C#CC#CC#CC#CC#CC#CSC(C)=O.CCCCCCCCCCCCCCC(=O)O[C@@H](COCO)COP(=O)([O-])[O-].[HH].[HH].[HH].[HH].[HH].[HH].[HH].[HH].[HH].[Na+].[Na+]. The number of esters is 1. The number of thioether (sulfide) groups is 1. The molecule has 0 amide bonds.